The van der Waals surface area contributed by atoms with Crippen molar-refractivity contribution in [2.45, 2.75) is 25.6 Å². The number of hydrogen-bond acceptors (Lipinski definition) is 4. The average molecular weight is 384 g/mol. The van der Waals surface area contributed by atoms with Crippen molar-refractivity contribution in [1.29, 1.82) is 0 Å². The lowest BCUT2D eigenvalue weighted by Crippen LogP contribution is -2.41. The van der Waals surface area contributed by atoms with E-state index in [1.807, 2.05) is 62.4 Å². The number of carbonyl (C=O) groups excluding carboxylic acids is 1. The second kappa shape index (κ2) is 6.89. The van der Waals surface area contributed by atoms with Gasteiger partial charge in [0.15, 0.2) is 5.17 Å². The zero-order valence-electron chi connectivity index (χ0n) is 14.5. The molecule has 132 valence electrons. The summed E-state index contributed by atoms with van der Waals surface area (Å²) >= 11 is 7.78. The molecule has 2 aliphatic rings. The summed E-state index contributed by atoms with van der Waals surface area (Å²) < 4.78 is 0. The van der Waals surface area contributed by atoms with Crippen LogP contribution in [0, 0.1) is 5.92 Å². The average Bonchev–Trinajstić information content (AvgIpc) is 2.99. The first-order valence-corrected chi connectivity index (χ1v) is 9.88. The van der Waals surface area contributed by atoms with Gasteiger partial charge < -0.3 is 0 Å². The van der Waals surface area contributed by atoms with E-state index in [9.17, 15) is 4.79 Å². The van der Waals surface area contributed by atoms with Gasteiger partial charge in [0, 0.05) is 16.3 Å². The van der Waals surface area contributed by atoms with Crippen molar-refractivity contribution in [3.8, 4) is 0 Å². The van der Waals surface area contributed by atoms with E-state index >= 15 is 0 Å². The molecule has 2 heterocycles. The summed E-state index contributed by atoms with van der Waals surface area (Å²) in [5.74, 6) is 1.49. The molecule has 1 amide bonds. The lowest BCUT2D eigenvalue weighted by molar-refractivity contribution is -0.125. The fourth-order valence-corrected chi connectivity index (χ4v) is 4.34. The van der Waals surface area contributed by atoms with Crippen LogP contribution >= 0.6 is 23.4 Å². The number of carbonyl (C=O) groups is 1. The highest BCUT2D eigenvalue weighted by molar-refractivity contribution is 8.13. The Hall–Kier alpha value is -2.11. The summed E-state index contributed by atoms with van der Waals surface area (Å²) in [4.78, 5) is 24.1. The van der Waals surface area contributed by atoms with E-state index in [-0.39, 0.29) is 17.9 Å². The summed E-state index contributed by atoms with van der Waals surface area (Å²) in [7, 11) is 0. The number of amidine groups is 2. The Morgan fingerprint density at radius 1 is 1.15 bits per heavy atom. The van der Waals surface area contributed by atoms with Crippen LogP contribution in [0.25, 0.3) is 0 Å². The molecule has 0 bridgehead atoms. The van der Waals surface area contributed by atoms with Crippen LogP contribution in [0.4, 0.5) is 5.69 Å². The van der Waals surface area contributed by atoms with Crippen LogP contribution < -0.4 is 0 Å². The van der Waals surface area contributed by atoms with Gasteiger partial charge in [-0.25, -0.2) is 9.89 Å². The van der Waals surface area contributed by atoms with Crippen LogP contribution in [0.15, 0.2) is 58.5 Å². The minimum atomic E-state index is -0.359. The van der Waals surface area contributed by atoms with Crippen molar-refractivity contribution in [1.82, 2.24) is 4.90 Å². The third-order valence-corrected chi connectivity index (χ3v) is 5.80. The lowest BCUT2D eigenvalue weighted by atomic mass is 10.1. The summed E-state index contributed by atoms with van der Waals surface area (Å²) in [5.41, 5.74) is 2.78. The molecule has 26 heavy (non-hydrogen) atoms. The third-order valence-electron chi connectivity index (χ3n) is 4.44. The number of hydrogen-bond donors (Lipinski definition) is 0. The molecule has 6 heteroatoms. The van der Waals surface area contributed by atoms with Gasteiger partial charge in [0.2, 0.25) is 0 Å². The van der Waals surface area contributed by atoms with Gasteiger partial charge in [0.05, 0.1) is 5.69 Å². The summed E-state index contributed by atoms with van der Waals surface area (Å²) in [5, 5.41) is 1.38. The van der Waals surface area contributed by atoms with Crippen LogP contribution in [0.1, 0.15) is 25.0 Å². The van der Waals surface area contributed by atoms with Crippen LogP contribution in [-0.4, -0.2) is 27.9 Å². The van der Waals surface area contributed by atoms with Gasteiger partial charge in [-0.05, 0) is 29.7 Å². The maximum atomic E-state index is 13.0. The van der Waals surface area contributed by atoms with Gasteiger partial charge in [-0.3, -0.25) is 9.79 Å². The molecule has 0 radical (unpaired) electrons. The van der Waals surface area contributed by atoms with Gasteiger partial charge >= 0.3 is 0 Å². The minimum absolute atomic E-state index is 0.00471. The minimum Gasteiger partial charge on any atom is -0.271 e. The Morgan fingerprint density at radius 2 is 1.88 bits per heavy atom. The Bertz CT molecular complexity index is 938. The summed E-state index contributed by atoms with van der Waals surface area (Å²) in [6.45, 7) is 4.04. The first-order valence-electron chi connectivity index (χ1n) is 8.52. The van der Waals surface area contributed by atoms with E-state index in [1.54, 1.807) is 4.90 Å². The largest absolute Gasteiger partial charge is 0.271 e. The first-order chi connectivity index (χ1) is 12.6. The fourth-order valence-electron chi connectivity index (χ4n) is 3.06. The maximum absolute atomic E-state index is 13.0. The molecule has 0 spiro atoms. The predicted molar refractivity (Wildman–Crippen MR) is 108 cm³/mol. The van der Waals surface area contributed by atoms with Crippen molar-refractivity contribution in [3.63, 3.8) is 0 Å². The van der Waals surface area contributed by atoms with Gasteiger partial charge in [0.25, 0.3) is 5.91 Å². The molecule has 0 fully saturated rings. The van der Waals surface area contributed by atoms with Crippen molar-refractivity contribution in [3.05, 3.63) is 64.7 Å². The molecule has 2 aromatic rings. The van der Waals surface area contributed by atoms with Crippen LogP contribution in [-0.2, 0) is 10.5 Å². The second-order valence-electron chi connectivity index (χ2n) is 6.61. The number of halogens is 1. The molecular weight excluding hydrogens is 366 g/mol. The smallest absolute Gasteiger partial charge is 0.259 e. The zero-order chi connectivity index (χ0) is 18.3. The number of thioether (sulfide) groups is 1. The Kier molecular flexibility index (Phi) is 4.59. The maximum Gasteiger partial charge on any atom is 0.259 e. The van der Waals surface area contributed by atoms with E-state index in [2.05, 4.69) is 0 Å². The molecule has 4 nitrogen and oxygen atoms in total. The Labute approximate surface area is 162 Å². The predicted octanol–water partition coefficient (Wildman–Crippen LogP) is 4.89. The summed E-state index contributed by atoms with van der Waals surface area (Å²) in [6, 6.07) is 15.2. The molecule has 0 unspecified atom stereocenters. The highest BCUT2D eigenvalue weighted by atomic mass is 35.5. The van der Waals surface area contributed by atoms with Crippen molar-refractivity contribution < 1.29 is 4.79 Å². The van der Waals surface area contributed by atoms with Crippen LogP contribution in [0.5, 0.6) is 0 Å². The molecule has 4 rings (SSSR count). The van der Waals surface area contributed by atoms with Crippen molar-refractivity contribution in [2.75, 3.05) is 0 Å². The van der Waals surface area contributed by atoms with Gasteiger partial charge in [0.1, 0.15) is 11.9 Å². The normalized spacial score (nSPS) is 18.5. The molecule has 0 aliphatic carbocycles. The topological polar surface area (TPSA) is 45.0 Å². The lowest BCUT2D eigenvalue weighted by Gasteiger charge is -2.25. The highest BCUT2D eigenvalue weighted by Crippen LogP contribution is 2.36. The number of benzene rings is 2. The first kappa shape index (κ1) is 17.3. The molecule has 0 N–H and O–H groups in total. The van der Waals surface area contributed by atoms with E-state index in [1.165, 1.54) is 11.8 Å². The molecule has 0 aromatic heterocycles. The highest BCUT2D eigenvalue weighted by Gasteiger charge is 2.42. The van der Waals surface area contributed by atoms with Gasteiger partial charge in [-0.15, -0.1) is 0 Å². The molecule has 2 aliphatic heterocycles. The zero-order valence-corrected chi connectivity index (χ0v) is 16.1. The van der Waals surface area contributed by atoms with Crippen molar-refractivity contribution >= 4 is 46.0 Å². The number of aliphatic imine (C=N–C) groups is 2. The van der Waals surface area contributed by atoms with E-state index in [0.717, 1.165) is 21.8 Å². The number of para-hydroxylation sites is 1. The van der Waals surface area contributed by atoms with E-state index in [4.69, 9.17) is 21.6 Å². The van der Waals surface area contributed by atoms with Crippen LogP contribution in [0.3, 0.4) is 0 Å². The number of rotatable bonds is 3. The van der Waals surface area contributed by atoms with Crippen LogP contribution in [0.2, 0.25) is 5.02 Å². The van der Waals surface area contributed by atoms with Crippen molar-refractivity contribution in [2.24, 2.45) is 15.9 Å². The quantitative estimate of drug-likeness (QED) is 0.757. The number of nitrogens with zero attached hydrogens (tertiary/aromatic N) is 3. The van der Waals surface area contributed by atoms with Gasteiger partial charge in [-0.1, -0.05) is 67.5 Å². The van der Waals surface area contributed by atoms with E-state index in [0.29, 0.717) is 16.8 Å². The van der Waals surface area contributed by atoms with Gasteiger partial charge in [-0.2, -0.15) is 0 Å². The number of amides is 1. The Morgan fingerprint density at radius 3 is 2.65 bits per heavy atom. The Balaban J connectivity index is 1.71. The SMILES string of the molecule is CC(C)[C@@H]1N=C2c3ccccc3N=C(SCc3ccccc3Cl)N2C1=O. The molecule has 0 saturated carbocycles. The number of fused-ring (bicyclic) bond motifs is 3. The molecular formula is C20H18ClN3OS. The third kappa shape index (κ3) is 2.95. The standard InChI is InChI=1S/C20H18ClN3OS/c1-12(2)17-19(25)24-18(23-17)14-8-4-6-10-16(14)22-20(24)26-11-13-7-3-5-9-15(13)21/h3-10,12,17H,11H2,1-2H3/t17-/m0/s1. The second-order valence-corrected chi connectivity index (χ2v) is 7.96. The summed E-state index contributed by atoms with van der Waals surface area (Å²) in [6.07, 6.45) is 0. The fraction of sp³-hybridized carbons (Fsp3) is 0.250. The van der Waals surface area contributed by atoms with E-state index < -0.39 is 0 Å². The molecule has 1 atom stereocenters. The molecule has 2 aromatic carbocycles. The molecule has 0 saturated heterocycles. The monoisotopic (exact) mass is 383 g/mol.